The first kappa shape index (κ1) is 17.2. The molecule has 5 heteroatoms. The molecule has 2 N–H and O–H groups in total. The Morgan fingerprint density at radius 2 is 1.63 bits per heavy atom. The van der Waals surface area contributed by atoms with Gasteiger partial charge in [-0.05, 0) is 61.1 Å². The van der Waals surface area contributed by atoms with E-state index < -0.39 is 0 Å². The lowest BCUT2D eigenvalue weighted by Gasteiger charge is -2.12. The average Bonchev–Trinajstić information content (AvgIpc) is 3.32. The van der Waals surface area contributed by atoms with E-state index in [4.69, 9.17) is 0 Å². The largest absolute Gasteiger partial charge is 0.322 e. The zero-order valence-corrected chi connectivity index (χ0v) is 14.8. The first-order valence-corrected chi connectivity index (χ1v) is 9.17. The van der Waals surface area contributed by atoms with Crippen LogP contribution in [0, 0.1) is 17.8 Å². The van der Waals surface area contributed by atoms with Crippen LogP contribution in [0.4, 0.5) is 5.69 Å². The van der Waals surface area contributed by atoms with Gasteiger partial charge >= 0.3 is 0 Å². The smallest absolute Gasteiger partial charge is 0.271 e. The SMILES string of the molecule is O=C(N/N=C\[C@@H]1C[C@H]2C=C[C@H]1C2)c1ccc(NC(=O)c2ccccc2)cc1. The van der Waals surface area contributed by atoms with Crippen molar-refractivity contribution in [2.24, 2.45) is 22.9 Å². The molecular weight excluding hydrogens is 338 g/mol. The summed E-state index contributed by atoms with van der Waals surface area (Å²) in [5, 5.41) is 6.94. The molecule has 1 fully saturated rings. The van der Waals surface area contributed by atoms with Gasteiger partial charge in [-0.1, -0.05) is 30.4 Å². The summed E-state index contributed by atoms with van der Waals surface area (Å²) >= 11 is 0. The molecule has 2 amide bonds. The predicted molar refractivity (Wildman–Crippen MR) is 106 cm³/mol. The number of hydrazone groups is 1. The molecular formula is C22H21N3O2. The van der Waals surface area contributed by atoms with E-state index in [0.717, 1.165) is 6.42 Å². The maximum atomic E-state index is 12.2. The molecule has 0 radical (unpaired) electrons. The molecule has 0 saturated heterocycles. The van der Waals surface area contributed by atoms with Crippen molar-refractivity contribution in [2.45, 2.75) is 12.8 Å². The topological polar surface area (TPSA) is 70.6 Å². The van der Waals surface area contributed by atoms with Crippen molar-refractivity contribution < 1.29 is 9.59 Å². The van der Waals surface area contributed by atoms with Gasteiger partial charge in [0.05, 0.1) is 0 Å². The lowest BCUT2D eigenvalue weighted by atomic mass is 9.95. The lowest BCUT2D eigenvalue weighted by Crippen LogP contribution is -2.19. The van der Waals surface area contributed by atoms with Gasteiger partial charge in [0.2, 0.25) is 0 Å². The molecule has 2 aromatic rings. The van der Waals surface area contributed by atoms with E-state index in [1.54, 1.807) is 36.4 Å². The van der Waals surface area contributed by atoms with E-state index in [0.29, 0.717) is 34.6 Å². The fourth-order valence-corrected chi connectivity index (χ4v) is 3.75. The maximum absolute atomic E-state index is 12.2. The molecule has 0 spiro atoms. The van der Waals surface area contributed by atoms with Gasteiger partial charge in [0.25, 0.3) is 11.8 Å². The highest BCUT2D eigenvalue weighted by atomic mass is 16.2. The number of fused-ring (bicyclic) bond motifs is 2. The number of hydrogen-bond acceptors (Lipinski definition) is 3. The van der Waals surface area contributed by atoms with Gasteiger partial charge in [-0.2, -0.15) is 5.10 Å². The number of carbonyl (C=O) groups is 2. The quantitative estimate of drug-likeness (QED) is 0.483. The normalized spacial score (nSPS) is 22.9. The Morgan fingerprint density at radius 1 is 0.889 bits per heavy atom. The minimum absolute atomic E-state index is 0.183. The second-order valence-electron chi connectivity index (χ2n) is 7.06. The summed E-state index contributed by atoms with van der Waals surface area (Å²) in [4.78, 5) is 24.3. The molecule has 5 nitrogen and oxygen atoms in total. The van der Waals surface area contributed by atoms with Gasteiger partial charge < -0.3 is 5.32 Å². The third kappa shape index (κ3) is 3.97. The van der Waals surface area contributed by atoms with Crippen LogP contribution in [0.15, 0.2) is 71.9 Å². The van der Waals surface area contributed by atoms with E-state index in [1.165, 1.54) is 6.42 Å². The van der Waals surface area contributed by atoms with Crippen LogP contribution >= 0.6 is 0 Å². The minimum Gasteiger partial charge on any atom is -0.322 e. The predicted octanol–water partition coefficient (Wildman–Crippen LogP) is 3.87. The fourth-order valence-electron chi connectivity index (χ4n) is 3.75. The summed E-state index contributed by atoms with van der Waals surface area (Å²) in [5.74, 6) is 1.24. The molecule has 2 bridgehead atoms. The monoisotopic (exact) mass is 359 g/mol. The van der Waals surface area contributed by atoms with Crippen molar-refractivity contribution in [2.75, 3.05) is 5.32 Å². The third-order valence-electron chi connectivity index (χ3n) is 5.20. The van der Waals surface area contributed by atoms with Crippen LogP contribution in [0.5, 0.6) is 0 Å². The highest BCUT2D eigenvalue weighted by Crippen LogP contribution is 2.42. The van der Waals surface area contributed by atoms with Gasteiger partial charge in [0.1, 0.15) is 0 Å². The zero-order valence-electron chi connectivity index (χ0n) is 14.8. The van der Waals surface area contributed by atoms with E-state index in [2.05, 4.69) is 28.0 Å². The van der Waals surface area contributed by atoms with Crippen molar-refractivity contribution in [3.8, 4) is 0 Å². The Hall–Kier alpha value is -3.21. The fraction of sp³-hybridized carbons (Fsp3) is 0.227. The van der Waals surface area contributed by atoms with Crippen molar-refractivity contribution in [3.05, 3.63) is 77.9 Å². The Balaban J connectivity index is 1.31. The van der Waals surface area contributed by atoms with E-state index >= 15 is 0 Å². The standard InChI is InChI=1S/C22H21N3O2/c26-21(16-4-2-1-3-5-16)24-20-10-8-17(9-11-20)22(27)25-23-14-19-13-15-6-7-18(19)12-15/h1-11,14-15,18-19H,12-13H2,(H,24,26)(H,25,27)/b23-14-/t15-,18-,19-/m0/s1. The molecule has 0 heterocycles. The number of nitrogens with one attached hydrogen (secondary N) is 2. The van der Waals surface area contributed by atoms with Crippen molar-refractivity contribution in [1.82, 2.24) is 5.43 Å². The third-order valence-corrected chi connectivity index (χ3v) is 5.20. The molecule has 1 saturated carbocycles. The van der Waals surface area contributed by atoms with Crippen LogP contribution < -0.4 is 10.7 Å². The summed E-state index contributed by atoms with van der Waals surface area (Å²) in [7, 11) is 0. The van der Waals surface area contributed by atoms with Crippen LogP contribution in [-0.2, 0) is 0 Å². The number of hydrogen-bond donors (Lipinski definition) is 2. The molecule has 0 aliphatic heterocycles. The summed E-state index contributed by atoms with van der Waals surface area (Å²) in [5.41, 5.74) is 4.31. The highest BCUT2D eigenvalue weighted by molar-refractivity contribution is 6.04. The summed E-state index contributed by atoms with van der Waals surface area (Å²) in [6.07, 6.45) is 8.73. The van der Waals surface area contributed by atoms with Crippen molar-refractivity contribution >= 4 is 23.7 Å². The Kier molecular flexibility index (Phi) is 4.83. The molecule has 0 unspecified atom stereocenters. The van der Waals surface area contributed by atoms with Crippen LogP contribution in [0.25, 0.3) is 0 Å². The second-order valence-corrected chi connectivity index (χ2v) is 7.06. The van der Waals surface area contributed by atoms with Crippen molar-refractivity contribution in [3.63, 3.8) is 0 Å². The molecule has 2 aromatic carbocycles. The Labute approximate surface area is 158 Å². The molecule has 3 atom stereocenters. The zero-order chi connectivity index (χ0) is 18.6. The summed E-state index contributed by atoms with van der Waals surface area (Å²) in [6.45, 7) is 0. The van der Waals surface area contributed by atoms with E-state index in [-0.39, 0.29) is 11.8 Å². The van der Waals surface area contributed by atoms with E-state index in [9.17, 15) is 9.59 Å². The molecule has 0 aromatic heterocycles. The Bertz CT molecular complexity index is 888. The van der Waals surface area contributed by atoms with E-state index in [1.807, 2.05) is 24.4 Å². The molecule has 136 valence electrons. The average molecular weight is 359 g/mol. The number of nitrogens with zero attached hydrogens (tertiary/aromatic N) is 1. The maximum Gasteiger partial charge on any atom is 0.271 e. The first-order valence-electron chi connectivity index (χ1n) is 9.17. The van der Waals surface area contributed by atoms with Gasteiger partial charge in [-0.25, -0.2) is 5.43 Å². The summed E-state index contributed by atoms with van der Waals surface area (Å²) < 4.78 is 0. The van der Waals surface area contributed by atoms with Crippen LogP contribution in [0.2, 0.25) is 0 Å². The van der Waals surface area contributed by atoms with Crippen LogP contribution in [0.1, 0.15) is 33.6 Å². The van der Waals surface area contributed by atoms with Crippen LogP contribution in [-0.4, -0.2) is 18.0 Å². The number of anilines is 1. The Morgan fingerprint density at radius 3 is 2.30 bits per heavy atom. The van der Waals surface area contributed by atoms with Gasteiger partial charge in [-0.15, -0.1) is 0 Å². The molecule has 2 aliphatic rings. The number of amides is 2. The molecule has 27 heavy (non-hydrogen) atoms. The molecule has 2 aliphatic carbocycles. The van der Waals surface area contributed by atoms with Gasteiger partial charge in [-0.3, -0.25) is 9.59 Å². The number of carbonyl (C=O) groups excluding carboxylic acids is 2. The van der Waals surface area contributed by atoms with Gasteiger partial charge in [0.15, 0.2) is 0 Å². The minimum atomic E-state index is -0.258. The number of allylic oxidation sites excluding steroid dienone is 2. The number of rotatable bonds is 5. The van der Waals surface area contributed by atoms with Crippen LogP contribution in [0.3, 0.4) is 0 Å². The lowest BCUT2D eigenvalue weighted by molar-refractivity contribution is 0.0954. The number of benzene rings is 2. The highest BCUT2D eigenvalue weighted by Gasteiger charge is 2.34. The first-order chi connectivity index (χ1) is 13.2. The summed E-state index contributed by atoms with van der Waals surface area (Å²) in [6, 6.07) is 15.8. The second kappa shape index (κ2) is 7.58. The van der Waals surface area contributed by atoms with Gasteiger partial charge in [0, 0.05) is 28.9 Å². The molecule has 4 rings (SSSR count). The van der Waals surface area contributed by atoms with Crippen molar-refractivity contribution in [1.29, 1.82) is 0 Å².